The second-order valence-electron chi connectivity index (χ2n) is 4.01. The summed E-state index contributed by atoms with van der Waals surface area (Å²) in [7, 11) is 0. The average Bonchev–Trinajstić information content (AvgIpc) is 2.69. The number of nitrogens with zero attached hydrogens (tertiary/aromatic N) is 1. The number of carbonyl (C=O) groups excluding carboxylic acids is 1. The minimum atomic E-state index is -0.839. The van der Waals surface area contributed by atoms with E-state index >= 15 is 0 Å². The molecule has 0 saturated carbocycles. The van der Waals surface area contributed by atoms with E-state index in [9.17, 15) is 4.79 Å². The minimum Gasteiger partial charge on any atom is -0.368 e. The van der Waals surface area contributed by atoms with Crippen LogP contribution >= 0.6 is 0 Å². The fourth-order valence-electron chi connectivity index (χ4n) is 2.16. The third kappa shape index (κ3) is 1.03. The van der Waals surface area contributed by atoms with E-state index in [1.54, 1.807) is 12.4 Å². The largest absolute Gasteiger partial charge is 0.368 e. The molecular formula is C13H10N2O. The Kier molecular flexibility index (Phi) is 1.66. The minimum absolute atomic E-state index is 0.384. The fraction of sp³-hybridized carbons (Fsp3) is 0.0769. The summed E-state index contributed by atoms with van der Waals surface area (Å²) in [5, 5.41) is 2.11. The Morgan fingerprint density at radius 3 is 2.75 bits per heavy atom. The van der Waals surface area contributed by atoms with Crippen molar-refractivity contribution in [2.45, 2.75) is 0 Å². The number of nitrogens with two attached hydrogens (primary N) is 1. The van der Waals surface area contributed by atoms with Crippen LogP contribution in [-0.4, -0.2) is 12.1 Å². The first kappa shape index (κ1) is 9.09. The lowest BCUT2D eigenvalue weighted by Crippen LogP contribution is -2.43. The standard InChI is InChI=1S/C13H10N2O/c14-12(16)13-6-10-4-2-1-3-9(10)5-11(13)7-15-8-13/h1-8H,(H2,14,16). The van der Waals surface area contributed by atoms with E-state index in [1.165, 1.54) is 0 Å². The average molecular weight is 210 g/mol. The molecule has 0 bridgehead atoms. The predicted molar refractivity (Wildman–Crippen MR) is 62.8 cm³/mol. The summed E-state index contributed by atoms with van der Waals surface area (Å²) in [4.78, 5) is 15.7. The van der Waals surface area contributed by atoms with Crippen molar-refractivity contribution in [1.82, 2.24) is 0 Å². The van der Waals surface area contributed by atoms with Gasteiger partial charge in [-0.1, -0.05) is 30.3 Å². The SMILES string of the molecule is NC(=O)C12C=NC=C1C=c1ccccc1=C2. The highest BCUT2D eigenvalue weighted by molar-refractivity contribution is 6.11. The molecule has 3 heteroatoms. The molecule has 0 saturated heterocycles. The third-order valence-electron chi connectivity index (χ3n) is 3.07. The zero-order chi connectivity index (χ0) is 11.2. The lowest BCUT2D eigenvalue weighted by atomic mass is 9.78. The van der Waals surface area contributed by atoms with Gasteiger partial charge in [0.25, 0.3) is 0 Å². The van der Waals surface area contributed by atoms with E-state index < -0.39 is 5.41 Å². The van der Waals surface area contributed by atoms with Crippen LogP contribution in [0, 0.1) is 5.41 Å². The number of amides is 1. The summed E-state index contributed by atoms with van der Waals surface area (Å²) < 4.78 is 0. The van der Waals surface area contributed by atoms with Crippen LogP contribution in [0.4, 0.5) is 0 Å². The lowest BCUT2D eigenvalue weighted by molar-refractivity contribution is -0.120. The number of benzene rings is 1. The first-order valence-corrected chi connectivity index (χ1v) is 5.07. The number of hydrogen-bond donors (Lipinski definition) is 1. The van der Waals surface area contributed by atoms with E-state index in [4.69, 9.17) is 5.73 Å². The molecule has 1 amide bonds. The summed E-state index contributed by atoms with van der Waals surface area (Å²) in [5.74, 6) is -0.384. The first-order chi connectivity index (χ1) is 7.72. The van der Waals surface area contributed by atoms with Gasteiger partial charge in [0.05, 0.1) is 0 Å². The van der Waals surface area contributed by atoms with Crippen molar-refractivity contribution in [3.8, 4) is 0 Å². The topological polar surface area (TPSA) is 55.5 Å². The smallest absolute Gasteiger partial charge is 0.237 e. The molecule has 1 aliphatic carbocycles. The quantitative estimate of drug-likeness (QED) is 0.680. The van der Waals surface area contributed by atoms with E-state index in [0.717, 1.165) is 16.0 Å². The van der Waals surface area contributed by atoms with Crippen LogP contribution in [0.2, 0.25) is 0 Å². The van der Waals surface area contributed by atoms with Crippen molar-refractivity contribution in [3.05, 3.63) is 46.5 Å². The molecule has 1 unspecified atom stereocenters. The monoisotopic (exact) mass is 210 g/mol. The lowest BCUT2D eigenvalue weighted by Gasteiger charge is -2.22. The molecule has 1 aromatic rings. The third-order valence-corrected chi connectivity index (χ3v) is 3.07. The predicted octanol–water partition coefficient (Wildman–Crippen LogP) is -0.299. The molecule has 78 valence electrons. The van der Waals surface area contributed by atoms with Crippen molar-refractivity contribution in [1.29, 1.82) is 0 Å². The van der Waals surface area contributed by atoms with Gasteiger partial charge in [-0.2, -0.15) is 0 Å². The van der Waals surface area contributed by atoms with Gasteiger partial charge in [-0.05, 0) is 22.1 Å². The zero-order valence-electron chi connectivity index (χ0n) is 8.55. The highest BCUT2D eigenvalue weighted by Crippen LogP contribution is 2.33. The van der Waals surface area contributed by atoms with Gasteiger partial charge in [-0.25, -0.2) is 0 Å². The maximum absolute atomic E-state index is 11.6. The van der Waals surface area contributed by atoms with Gasteiger partial charge in [0.2, 0.25) is 5.91 Å². The molecular weight excluding hydrogens is 200 g/mol. The van der Waals surface area contributed by atoms with Crippen LogP contribution in [0.5, 0.6) is 0 Å². The Balaban J connectivity index is 2.39. The highest BCUT2D eigenvalue weighted by atomic mass is 16.1. The van der Waals surface area contributed by atoms with Crippen molar-refractivity contribution < 1.29 is 4.79 Å². The second-order valence-corrected chi connectivity index (χ2v) is 4.01. The van der Waals surface area contributed by atoms with E-state index in [0.29, 0.717) is 0 Å². The highest BCUT2D eigenvalue weighted by Gasteiger charge is 2.39. The molecule has 0 fully saturated rings. The molecule has 2 N–H and O–H groups in total. The molecule has 2 aliphatic rings. The summed E-state index contributed by atoms with van der Waals surface area (Å²) in [6.45, 7) is 0. The van der Waals surface area contributed by atoms with Gasteiger partial charge in [0.1, 0.15) is 5.41 Å². The molecule has 0 spiro atoms. The van der Waals surface area contributed by atoms with Crippen LogP contribution in [0.1, 0.15) is 0 Å². The van der Waals surface area contributed by atoms with Gasteiger partial charge < -0.3 is 5.73 Å². The number of carbonyl (C=O) groups is 1. The van der Waals surface area contributed by atoms with Crippen LogP contribution in [0.25, 0.3) is 12.2 Å². The molecule has 1 aromatic carbocycles. The Hall–Kier alpha value is -2.16. The number of aliphatic imine (C=N–C) groups is 1. The molecule has 1 aliphatic heterocycles. The fourth-order valence-corrected chi connectivity index (χ4v) is 2.16. The van der Waals surface area contributed by atoms with Gasteiger partial charge in [0.15, 0.2) is 0 Å². The Labute approximate surface area is 92.3 Å². The summed E-state index contributed by atoms with van der Waals surface area (Å²) >= 11 is 0. The van der Waals surface area contributed by atoms with Crippen molar-refractivity contribution in [2.75, 3.05) is 0 Å². The van der Waals surface area contributed by atoms with Crippen LogP contribution in [0.3, 0.4) is 0 Å². The molecule has 3 nitrogen and oxygen atoms in total. The van der Waals surface area contributed by atoms with E-state index in [-0.39, 0.29) is 5.91 Å². The maximum Gasteiger partial charge on any atom is 0.237 e. The molecule has 1 atom stereocenters. The molecule has 3 rings (SSSR count). The van der Waals surface area contributed by atoms with Gasteiger partial charge in [0, 0.05) is 12.4 Å². The second kappa shape index (κ2) is 2.92. The molecule has 0 aromatic heterocycles. The van der Waals surface area contributed by atoms with Crippen LogP contribution < -0.4 is 16.2 Å². The van der Waals surface area contributed by atoms with Crippen molar-refractivity contribution in [3.63, 3.8) is 0 Å². The Morgan fingerprint density at radius 2 is 2.00 bits per heavy atom. The van der Waals surface area contributed by atoms with Gasteiger partial charge in [-0.3, -0.25) is 9.79 Å². The molecule has 0 radical (unpaired) electrons. The van der Waals surface area contributed by atoms with E-state index in [1.807, 2.05) is 36.4 Å². The maximum atomic E-state index is 11.6. The summed E-state index contributed by atoms with van der Waals surface area (Å²) in [5.41, 5.74) is 5.49. The normalized spacial score (nSPS) is 24.9. The molecule has 16 heavy (non-hydrogen) atoms. The summed E-state index contributed by atoms with van der Waals surface area (Å²) in [6, 6.07) is 7.89. The Morgan fingerprint density at radius 1 is 1.25 bits per heavy atom. The Bertz CT molecular complexity index is 655. The van der Waals surface area contributed by atoms with Crippen molar-refractivity contribution >= 4 is 24.3 Å². The van der Waals surface area contributed by atoms with E-state index in [2.05, 4.69) is 4.99 Å². The van der Waals surface area contributed by atoms with Gasteiger partial charge >= 0.3 is 0 Å². The summed E-state index contributed by atoms with van der Waals surface area (Å²) in [6.07, 6.45) is 7.15. The number of primary amides is 1. The number of fused-ring (bicyclic) bond motifs is 2. The number of rotatable bonds is 1. The van der Waals surface area contributed by atoms with Crippen LogP contribution in [0.15, 0.2) is 41.0 Å². The van der Waals surface area contributed by atoms with Crippen molar-refractivity contribution in [2.24, 2.45) is 16.1 Å². The van der Waals surface area contributed by atoms with Gasteiger partial charge in [-0.15, -0.1) is 0 Å². The molecule has 1 heterocycles. The zero-order valence-corrected chi connectivity index (χ0v) is 8.55. The first-order valence-electron chi connectivity index (χ1n) is 5.07. The number of hydrogen-bond acceptors (Lipinski definition) is 2. The van der Waals surface area contributed by atoms with Crippen LogP contribution in [-0.2, 0) is 4.79 Å².